The van der Waals surface area contributed by atoms with Crippen LogP contribution in [0.2, 0.25) is 0 Å². The van der Waals surface area contributed by atoms with Crippen LogP contribution in [0, 0.1) is 10.1 Å². The molecule has 0 aliphatic carbocycles. The van der Waals surface area contributed by atoms with Gasteiger partial charge >= 0.3 is 0 Å². The fourth-order valence-electron chi connectivity index (χ4n) is 2.70. The normalized spacial score (nSPS) is 10.2. The van der Waals surface area contributed by atoms with Gasteiger partial charge in [0, 0.05) is 17.7 Å². The van der Waals surface area contributed by atoms with Gasteiger partial charge in [0.05, 0.1) is 38.7 Å². The topological polar surface area (TPSA) is 99.9 Å². The van der Waals surface area contributed by atoms with Crippen molar-refractivity contribution in [1.29, 1.82) is 0 Å². The van der Waals surface area contributed by atoms with Crippen molar-refractivity contribution in [3.05, 3.63) is 57.6 Å². The van der Waals surface area contributed by atoms with E-state index in [1.54, 1.807) is 19.2 Å². The summed E-state index contributed by atoms with van der Waals surface area (Å²) < 4.78 is 15.5. The van der Waals surface area contributed by atoms with Crippen molar-refractivity contribution in [3.8, 4) is 17.2 Å². The number of nitro benzene ring substituents is 1. The van der Waals surface area contributed by atoms with E-state index in [4.69, 9.17) is 14.2 Å². The smallest absolute Gasteiger partial charge is 0.276 e. The van der Waals surface area contributed by atoms with E-state index in [9.17, 15) is 14.9 Å². The second-order valence-corrected chi connectivity index (χ2v) is 5.68. The summed E-state index contributed by atoms with van der Waals surface area (Å²) >= 11 is 0. The molecular weight excluding hydrogens is 352 g/mol. The molecule has 2 aromatic carbocycles. The maximum absolute atomic E-state index is 12.2. The SMILES string of the molecule is COc1ccccc1CC(=O)NCCc1cc(OC)c(OC)cc1[N+](=O)[O-]. The van der Waals surface area contributed by atoms with Crippen molar-refractivity contribution in [2.75, 3.05) is 27.9 Å². The molecule has 8 nitrogen and oxygen atoms in total. The maximum atomic E-state index is 12.2. The molecule has 0 fully saturated rings. The zero-order valence-corrected chi connectivity index (χ0v) is 15.5. The molecular formula is C19H22N2O6. The first kappa shape index (κ1) is 20.0. The van der Waals surface area contributed by atoms with Gasteiger partial charge < -0.3 is 19.5 Å². The summed E-state index contributed by atoms with van der Waals surface area (Å²) in [5.74, 6) is 1.14. The Kier molecular flexibility index (Phi) is 6.99. The average Bonchev–Trinajstić information content (AvgIpc) is 2.67. The Morgan fingerprint density at radius 3 is 2.26 bits per heavy atom. The minimum Gasteiger partial charge on any atom is -0.496 e. The molecule has 0 aromatic heterocycles. The van der Waals surface area contributed by atoms with Crippen molar-refractivity contribution < 1.29 is 23.9 Å². The molecule has 2 aromatic rings. The molecule has 0 saturated carbocycles. The molecule has 8 heteroatoms. The summed E-state index contributed by atoms with van der Waals surface area (Å²) in [7, 11) is 4.43. The standard InChI is InChI=1S/C19H22N2O6/c1-25-16-7-5-4-6-14(16)11-19(22)20-9-8-13-10-17(26-2)18(27-3)12-15(13)21(23)24/h4-7,10,12H,8-9,11H2,1-3H3,(H,20,22). The Hall–Kier alpha value is -3.29. The van der Waals surface area contributed by atoms with Crippen LogP contribution < -0.4 is 19.5 Å². The predicted molar refractivity (Wildman–Crippen MR) is 99.6 cm³/mol. The van der Waals surface area contributed by atoms with Gasteiger partial charge in [-0.1, -0.05) is 18.2 Å². The van der Waals surface area contributed by atoms with E-state index in [1.807, 2.05) is 18.2 Å². The Labute approximate surface area is 157 Å². The molecule has 0 aliphatic rings. The van der Waals surface area contributed by atoms with Crippen molar-refractivity contribution in [3.63, 3.8) is 0 Å². The van der Waals surface area contributed by atoms with E-state index >= 15 is 0 Å². The summed E-state index contributed by atoms with van der Waals surface area (Å²) in [6.07, 6.45) is 0.451. The molecule has 0 bridgehead atoms. The van der Waals surface area contributed by atoms with Crippen molar-refractivity contribution in [1.82, 2.24) is 5.32 Å². The number of carbonyl (C=O) groups excluding carboxylic acids is 1. The number of para-hydroxylation sites is 1. The Morgan fingerprint density at radius 1 is 1.00 bits per heavy atom. The summed E-state index contributed by atoms with van der Waals surface area (Å²) in [5, 5.41) is 14.1. The lowest BCUT2D eigenvalue weighted by molar-refractivity contribution is -0.385. The number of methoxy groups -OCH3 is 3. The maximum Gasteiger partial charge on any atom is 0.276 e. The second kappa shape index (κ2) is 9.42. The largest absolute Gasteiger partial charge is 0.496 e. The number of hydrogen-bond acceptors (Lipinski definition) is 6. The van der Waals surface area contributed by atoms with Crippen LogP contribution in [-0.2, 0) is 17.6 Å². The minimum atomic E-state index is -0.478. The average molecular weight is 374 g/mol. The quantitative estimate of drug-likeness (QED) is 0.535. The van der Waals surface area contributed by atoms with Crippen LogP contribution in [-0.4, -0.2) is 38.7 Å². The van der Waals surface area contributed by atoms with Gasteiger partial charge in [-0.15, -0.1) is 0 Å². The van der Waals surface area contributed by atoms with Gasteiger partial charge in [0.2, 0.25) is 5.91 Å². The highest BCUT2D eigenvalue weighted by atomic mass is 16.6. The van der Waals surface area contributed by atoms with Gasteiger partial charge in [0.15, 0.2) is 11.5 Å². The number of nitrogens with zero attached hydrogens (tertiary/aromatic N) is 1. The molecule has 0 saturated heterocycles. The van der Waals surface area contributed by atoms with Gasteiger partial charge in [-0.2, -0.15) is 0 Å². The summed E-state index contributed by atoms with van der Waals surface area (Å²) in [5.41, 5.74) is 1.15. The first-order valence-electron chi connectivity index (χ1n) is 8.28. The molecule has 1 N–H and O–H groups in total. The fourth-order valence-corrected chi connectivity index (χ4v) is 2.70. The van der Waals surface area contributed by atoms with Crippen molar-refractivity contribution in [2.24, 2.45) is 0 Å². The number of nitrogens with one attached hydrogen (secondary N) is 1. The molecule has 27 heavy (non-hydrogen) atoms. The number of amides is 1. The predicted octanol–water partition coefficient (Wildman–Crippen LogP) is 2.52. The number of benzene rings is 2. The Balaban J connectivity index is 2.03. The van der Waals surface area contributed by atoms with E-state index < -0.39 is 4.92 Å². The molecule has 1 amide bonds. The number of carbonyl (C=O) groups is 1. The monoisotopic (exact) mass is 374 g/mol. The first-order chi connectivity index (χ1) is 13.0. The zero-order valence-electron chi connectivity index (χ0n) is 15.5. The van der Waals surface area contributed by atoms with Crippen LogP contribution in [0.1, 0.15) is 11.1 Å². The van der Waals surface area contributed by atoms with E-state index in [2.05, 4.69) is 5.32 Å². The number of nitro groups is 1. The molecule has 2 rings (SSSR count). The van der Waals surface area contributed by atoms with Crippen LogP contribution in [0.5, 0.6) is 17.2 Å². The summed E-state index contributed by atoms with van der Waals surface area (Å²) in [6.45, 7) is 0.254. The molecule has 0 radical (unpaired) electrons. The van der Waals surface area contributed by atoms with Crippen molar-refractivity contribution in [2.45, 2.75) is 12.8 Å². The first-order valence-corrected chi connectivity index (χ1v) is 8.28. The third-order valence-corrected chi connectivity index (χ3v) is 4.04. The van der Waals surface area contributed by atoms with E-state index in [-0.39, 0.29) is 36.7 Å². The molecule has 0 spiro atoms. The zero-order chi connectivity index (χ0) is 19.8. The lowest BCUT2D eigenvalue weighted by Crippen LogP contribution is -2.27. The highest BCUT2D eigenvalue weighted by Crippen LogP contribution is 2.34. The lowest BCUT2D eigenvalue weighted by Gasteiger charge is -2.11. The second-order valence-electron chi connectivity index (χ2n) is 5.68. The van der Waals surface area contributed by atoms with E-state index in [0.717, 1.165) is 5.56 Å². The third kappa shape index (κ3) is 5.10. The van der Waals surface area contributed by atoms with E-state index in [1.165, 1.54) is 20.3 Å². The van der Waals surface area contributed by atoms with Gasteiger partial charge in [-0.25, -0.2) is 0 Å². The van der Waals surface area contributed by atoms with Crippen LogP contribution in [0.3, 0.4) is 0 Å². The Bertz CT molecular complexity index is 822. The van der Waals surface area contributed by atoms with Crippen molar-refractivity contribution >= 4 is 11.6 Å². The Morgan fingerprint density at radius 2 is 1.63 bits per heavy atom. The van der Waals surface area contributed by atoms with Crippen LogP contribution >= 0.6 is 0 Å². The highest BCUT2D eigenvalue weighted by Gasteiger charge is 2.19. The molecule has 0 heterocycles. The van der Waals surface area contributed by atoms with Gasteiger partial charge in [-0.3, -0.25) is 14.9 Å². The van der Waals surface area contributed by atoms with Crippen LogP contribution in [0.4, 0.5) is 5.69 Å². The number of hydrogen-bond donors (Lipinski definition) is 1. The molecule has 0 aliphatic heterocycles. The minimum absolute atomic E-state index is 0.0772. The third-order valence-electron chi connectivity index (χ3n) is 4.04. The van der Waals surface area contributed by atoms with Gasteiger partial charge in [0.25, 0.3) is 5.69 Å². The molecule has 0 unspecified atom stereocenters. The van der Waals surface area contributed by atoms with Crippen LogP contribution in [0.25, 0.3) is 0 Å². The fraction of sp³-hybridized carbons (Fsp3) is 0.316. The summed E-state index contributed by atoms with van der Waals surface area (Å²) in [6, 6.07) is 10.1. The lowest BCUT2D eigenvalue weighted by atomic mass is 10.1. The molecule has 144 valence electrons. The van der Waals surface area contributed by atoms with Crippen LogP contribution in [0.15, 0.2) is 36.4 Å². The highest BCUT2D eigenvalue weighted by molar-refractivity contribution is 5.79. The number of ether oxygens (including phenoxy) is 3. The summed E-state index contributed by atoms with van der Waals surface area (Å²) in [4.78, 5) is 23.0. The molecule has 0 atom stereocenters. The van der Waals surface area contributed by atoms with E-state index in [0.29, 0.717) is 17.1 Å². The number of rotatable bonds is 9. The van der Waals surface area contributed by atoms with Gasteiger partial charge in [-0.05, 0) is 18.6 Å². The van der Waals surface area contributed by atoms with Gasteiger partial charge in [0.1, 0.15) is 5.75 Å².